The number of amidine groups is 1. The molecule has 0 bridgehead atoms. The zero-order valence-electron chi connectivity index (χ0n) is 5.65. The zero-order valence-corrected chi connectivity index (χ0v) is 5.65. The lowest BCUT2D eigenvalue weighted by molar-refractivity contribution is 0.923. The summed E-state index contributed by atoms with van der Waals surface area (Å²) in [7, 11) is 0. The van der Waals surface area contributed by atoms with Crippen molar-refractivity contribution in [3.05, 3.63) is 12.2 Å². The van der Waals surface area contributed by atoms with Crippen LogP contribution in [0, 0.1) is 0 Å². The summed E-state index contributed by atoms with van der Waals surface area (Å²) in [5.41, 5.74) is 0.887. The third-order valence-corrected chi connectivity index (χ3v) is 1.46. The van der Waals surface area contributed by atoms with Crippen molar-refractivity contribution in [1.82, 2.24) is 0 Å². The van der Waals surface area contributed by atoms with Crippen LogP contribution in [0.4, 0.5) is 0 Å². The van der Waals surface area contributed by atoms with Crippen LogP contribution in [-0.4, -0.2) is 23.9 Å². The Balaban J connectivity index is 2.41. The van der Waals surface area contributed by atoms with Gasteiger partial charge in [-0.15, -0.1) is 0 Å². The van der Waals surface area contributed by atoms with Crippen LogP contribution >= 0.6 is 0 Å². The zero-order chi connectivity index (χ0) is 6.97. The minimum Gasteiger partial charge on any atom is -0.258 e. The first kappa shape index (κ1) is 5.53. The molecule has 0 fully saturated rings. The molecular formula is C7H7N3. The molecule has 0 aromatic carbocycles. The summed E-state index contributed by atoms with van der Waals surface area (Å²) >= 11 is 0. The number of dihydropyridines is 1. The summed E-state index contributed by atoms with van der Waals surface area (Å²) in [6.07, 6.45) is 5.51. The molecule has 0 aliphatic carbocycles. The normalized spacial score (nSPS) is 27.9. The van der Waals surface area contributed by atoms with E-state index < -0.39 is 0 Å². The fraction of sp³-hybridized carbons (Fsp3) is 0.286. The first-order chi connectivity index (χ1) is 4.86. The van der Waals surface area contributed by atoms with E-state index in [0.717, 1.165) is 11.5 Å². The Bertz CT molecular complexity index is 271. The van der Waals surface area contributed by atoms with Crippen molar-refractivity contribution in [1.29, 1.82) is 0 Å². The molecule has 0 saturated heterocycles. The van der Waals surface area contributed by atoms with E-state index in [1.54, 1.807) is 0 Å². The van der Waals surface area contributed by atoms with Gasteiger partial charge < -0.3 is 0 Å². The minimum absolute atomic E-state index is 0.254. The van der Waals surface area contributed by atoms with Gasteiger partial charge in [0.15, 0.2) is 5.84 Å². The number of aliphatic imine (C=N–C) groups is 3. The fourth-order valence-electron chi connectivity index (χ4n) is 0.953. The van der Waals surface area contributed by atoms with Gasteiger partial charge >= 0.3 is 0 Å². The molecule has 0 aromatic rings. The molecule has 2 aliphatic heterocycles. The van der Waals surface area contributed by atoms with Gasteiger partial charge in [-0.1, -0.05) is 6.08 Å². The Morgan fingerprint density at radius 2 is 2.40 bits per heavy atom. The van der Waals surface area contributed by atoms with E-state index in [4.69, 9.17) is 0 Å². The second kappa shape index (κ2) is 1.87. The first-order valence-electron chi connectivity index (χ1n) is 3.23. The highest BCUT2D eigenvalue weighted by atomic mass is 15.0. The van der Waals surface area contributed by atoms with E-state index in [1.165, 1.54) is 6.34 Å². The Morgan fingerprint density at radius 1 is 1.50 bits per heavy atom. The van der Waals surface area contributed by atoms with Gasteiger partial charge in [0.25, 0.3) is 0 Å². The van der Waals surface area contributed by atoms with E-state index in [0.29, 0.717) is 0 Å². The molecule has 0 spiro atoms. The average Bonchev–Trinajstić information content (AvgIpc) is 2.33. The van der Waals surface area contributed by atoms with Crippen molar-refractivity contribution in [3.8, 4) is 0 Å². The van der Waals surface area contributed by atoms with Crippen molar-refractivity contribution in [3.63, 3.8) is 0 Å². The molecule has 1 atom stereocenters. The quantitative estimate of drug-likeness (QED) is 0.469. The van der Waals surface area contributed by atoms with Crippen LogP contribution < -0.4 is 0 Å². The average molecular weight is 133 g/mol. The van der Waals surface area contributed by atoms with Crippen LogP contribution in [0.1, 0.15) is 6.92 Å². The molecule has 2 aliphatic rings. The molecule has 3 nitrogen and oxygen atoms in total. The third-order valence-electron chi connectivity index (χ3n) is 1.46. The summed E-state index contributed by atoms with van der Waals surface area (Å²) in [5.74, 6) is 0.773. The molecule has 0 amide bonds. The lowest BCUT2D eigenvalue weighted by Crippen LogP contribution is -2.13. The van der Waals surface area contributed by atoms with Crippen molar-refractivity contribution in [2.24, 2.45) is 15.0 Å². The Labute approximate surface area is 58.9 Å². The van der Waals surface area contributed by atoms with Crippen molar-refractivity contribution in [2.75, 3.05) is 0 Å². The van der Waals surface area contributed by atoms with Crippen LogP contribution in [0.25, 0.3) is 0 Å². The molecule has 50 valence electrons. The SMILES string of the molecule is CC1C=CC2=NC=NC2=N1. The summed E-state index contributed by atoms with van der Waals surface area (Å²) in [6, 6.07) is 0.254. The Kier molecular flexibility index (Phi) is 1.03. The maximum atomic E-state index is 4.25. The molecule has 0 radical (unpaired) electrons. The fourth-order valence-corrected chi connectivity index (χ4v) is 0.953. The molecular weight excluding hydrogens is 126 g/mol. The van der Waals surface area contributed by atoms with E-state index >= 15 is 0 Å². The lowest BCUT2D eigenvalue weighted by atomic mass is 10.2. The van der Waals surface area contributed by atoms with E-state index in [2.05, 4.69) is 15.0 Å². The second-order valence-corrected chi connectivity index (χ2v) is 2.31. The van der Waals surface area contributed by atoms with Crippen molar-refractivity contribution in [2.45, 2.75) is 13.0 Å². The van der Waals surface area contributed by atoms with Gasteiger partial charge in [-0.25, -0.2) is 9.98 Å². The van der Waals surface area contributed by atoms with Crippen LogP contribution in [-0.2, 0) is 0 Å². The van der Waals surface area contributed by atoms with Gasteiger partial charge in [-0.05, 0) is 13.0 Å². The van der Waals surface area contributed by atoms with Gasteiger partial charge in [0, 0.05) is 0 Å². The van der Waals surface area contributed by atoms with Gasteiger partial charge in [0.2, 0.25) is 0 Å². The van der Waals surface area contributed by atoms with Crippen LogP contribution in [0.3, 0.4) is 0 Å². The molecule has 10 heavy (non-hydrogen) atoms. The van der Waals surface area contributed by atoms with Crippen LogP contribution in [0.15, 0.2) is 27.1 Å². The highest BCUT2D eigenvalue weighted by Gasteiger charge is 2.13. The Hall–Kier alpha value is -1.25. The van der Waals surface area contributed by atoms with Gasteiger partial charge in [-0.2, -0.15) is 0 Å². The molecule has 2 rings (SSSR count). The standard InChI is InChI=1S/C7H7N3/c1-5-2-3-6-7(10-5)9-4-8-6/h2-5H,1H3. The van der Waals surface area contributed by atoms with Crippen molar-refractivity contribution < 1.29 is 0 Å². The van der Waals surface area contributed by atoms with E-state index in [1.807, 2.05) is 19.1 Å². The number of fused-ring (bicyclic) bond motifs is 1. The predicted molar refractivity (Wildman–Crippen MR) is 42.0 cm³/mol. The number of hydrogen-bond donors (Lipinski definition) is 0. The largest absolute Gasteiger partial charge is 0.258 e. The van der Waals surface area contributed by atoms with E-state index in [-0.39, 0.29) is 6.04 Å². The van der Waals surface area contributed by atoms with E-state index in [9.17, 15) is 0 Å². The maximum absolute atomic E-state index is 4.25. The highest BCUT2D eigenvalue weighted by Crippen LogP contribution is 2.06. The molecule has 3 heteroatoms. The first-order valence-corrected chi connectivity index (χ1v) is 3.23. The van der Waals surface area contributed by atoms with Gasteiger partial charge in [0.05, 0.1) is 6.04 Å². The highest BCUT2D eigenvalue weighted by molar-refractivity contribution is 6.50. The number of nitrogens with zero attached hydrogens (tertiary/aromatic N) is 3. The van der Waals surface area contributed by atoms with Crippen LogP contribution in [0.2, 0.25) is 0 Å². The minimum atomic E-state index is 0.254. The summed E-state index contributed by atoms with van der Waals surface area (Å²) in [5, 5.41) is 0. The second-order valence-electron chi connectivity index (χ2n) is 2.31. The third kappa shape index (κ3) is 0.708. The van der Waals surface area contributed by atoms with Crippen LogP contribution in [0.5, 0.6) is 0 Å². The monoisotopic (exact) mass is 133 g/mol. The predicted octanol–water partition coefficient (Wildman–Crippen LogP) is 0.826. The molecule has 0 saturated carbocycles. The van der Waals surface area contributed by atoms with Gasteiger partial charge in [-0.3, -0.25) is 4.99 Å². The Morgan fingerprint density at radius 3 is 3.30 bits per heavy atom. The maximum Gasteiger partial charge on any atom is 0.175 e. The molecule has 0 aromatic heterocycles. The van der Waals surface area contributed by atoms with Crippen molar-refractivity contribution >= 4 is 17.9 Å². The molecule has 0 N–H and O–H groups in total. The molecule has 1 unspecified atom stereocenters. The summed E-state index contributed by atoms with van der Waals surface area (Å²) in [4.78, 5) is 12.2. The number of hydrogen-bond acceptors (Lipinski definition) is 3. The summed E-state index contributed by atoms with van der Waals surface area (Å²) < 4.78 is 0. The lowest BCUT2D eigenvalue weighted by Gasteiger charge is -2.05. The van der Waals surface area contributed by atoms with Gasteiger partial charge in [0.1, 0.15) is 12.1 Å². The topological polar surface area (TPSA) is 37.1 Å². The summed E-state index contributed by atoms with van der Waals surface area (Å²) in [6.45, 7) is 2.02. The molecule has 2 heterocycles. The smallest absolute Gasteiger partial charge is 0.175 e. The number of rotatable bonds is 0.